The Morgan fingerprint density at radius 3 is 2.50 bits per heavy atom. The molecule has 1 fully saturated rings. The van der Waals surface area contributed by atoms with E-state index in [9.17, 15) is 8.78 Å². The van der Waals surface area contributed by atoms with Crippen molar-refractivity contribution in [1.29, 1.82) is 0 Å². The van der Waals surface area contributed by atoms with Gasteiger partial charge in [0.15, 0.2) is 0 Å². The minimum Gasteiger partial charge on any atom is -0.207 e. The Morgan fingerprint density at radius 2 is 2.10 bits per heavy atom. The molecule has 1 aliphatic carbocycles. The molecular formula is C7H11ClF2. The van der Waals surface area contributed by atoms with Crippen LogP contribution < -0.4 is 0 Å². The molecule has 1 unspecified atom stereocenters. The standard InChI is InChI=1S/C7H11ClF2/c8-5-6-3-1-2-4-7(6,9)10/h6H,1-5H2. The van der Waals surface area contributed by atoms with Gasteiger partial charge in [-0.15, -0.1) is 11.6 Å². The molecule has 0 radical (unpaired) electrons. The molecule has 0 bridgehead atoms. The molecule has 1 rings (SSSR count). The Hall–Kier alpha value is 0.150. The van der Waals surface area contributed by atoms with Crippen LogP contribution in [0.5, 0.6) is 0 Å². The molecule has 1 saturated carbocycles. The molecule has 0 aromatic rings. The number of halogens is 3. The van der Waals surface area contributed by atoms with Crippen LogP contribution in [0.4, 0.5) is 8.78 Å². The lowest BCUT2D eigenvalue weighted by Gasteiger charge is -2.29. The van der Waals surface area contributed by atoms with E-state index in [1.807, 2.05) is 0 Å². The summed E-state index contributed by atoms with van der Waals surface area (Å²) in [7, 11) is 0. The van der Waals surface area contributed by atoms with Crippen LogP contribution in [0.2, 0.25) is 0 Å². The molecule has 0 N–H and O–H groups in total. The first-order valence-corrected chi connectivity index (χ1v) is 4.14. The van der Waals surface area contributed by atoms with E-state index in [1.165, 1.54) is 0 Å². The summed E-state index contributed by atoms with van der Waals surface area (Å²) in [5, 5.41) is 0. The van der Waals surface area contributed by atoms with E-state index in [0.29, 0.717) is 12.8 Å². The summed E-state index contributed by atoms with van der Waals surface area (Å²) in [6, 6.07) is 0. The van der Waals surface area contributed by atoms with Gasteiger partial charge in [-0.2, -0.15) is 0 Å². The molecule has 60 valence electrons. The molecule has 0 spiro atoms. The van der Waals surface area contributed by atoms with Crippen LogP contribution in [0, 0.1) is 5.92 Å². The van der Waals surface area contributed by atoms with Crippen molar-refractivity contribution >= 4 is 11.6 Å². The molecule has 10 heavy (non-hydrogen) atoms. The van der Waals surface area contributed by atoms with Crippen LogP contribution >= 0.6 is 11.6 Å². The number of hydrogen-bond donors (Lipinski definition) is 0. The molecule has 3 heteroatoms. The average Bonchev–Trinajstić information content (AvgIpc) is 1.87. The van der Waals surface area contributed by atoms with Crippen molar-refractivity contribution in [1.82, 2.24) is 0 Å². The Balaban J connectivity index is 2.51. The van der Waals surface area contributed by atoms with Crippen LogP contribution in [-0.4, -0.2) is 11.8 Å². The van der Waals surface area contributed by atoms with Gasteiger partial charge in [-0.3, -0.25) is 0 Å². The maximum absolute atomic E-state index is 12.8. The number of rotatable bonds is 1. The first-order chi connectivity index (χ1) is 4.67. The smallest absolute Gasteiger partial charge is 0.207 e. The Labute approximate surface area is 64.6 Å². The molecule has 0 aromatic carbocycles. The van der Waals surface area contributed by atoms with E-state index in [0.717, 1.165) is 6.42 Å². The second kappa shape index (κ2) is 3.04. The van der Waals surface area contributed by atoms with Crippen molar-refractivity contribution in [2.45, 2.75) is 31.6 Å². The summed E-state index contributed by atoms with van der Waals surface area (Å²) in [5.74, 6) is -2.95. The van der Waals surface area contributed by atoms with E-state index >= 15 is 0 Å². The Kier molecular flexibility index (Phi) is 2.50. The van der Waals surface area contributed by atoms with E-state index in [2.05, 4.69) is 0 Å². The van der Waals surface area contributed by atoms with Crippen molar-refractivity contribution < 1.29 is 8.78 Å². The van der Waals surface area contributed by atoms with Crippen molar-refractivity contribution in [3.63, 3.8) is 0 Å². The molecule has 0 amide bonds. The van der Waals surface area contributed by atoms with Gasteiger partial charge in [0.2, 0.25) is 0 Å². The molecule has 0 saturated heterocycles. The predicted molar refractivity (Wildman–Crippen MR) is 37.6 cm³/mol. The van der Waals surface area contributed by atoms with Gasteiger partial charge in [-0.1, -0.05) is 6.42 Å². The highest BCUT2D eigenvalue weighted by Crippen LogP contribution is 2.38. The van der Waals surface area contributed by atoms with Crippen molar-refractivity contribution in [3.05, 3.63) is 0 Å². The molecule has 1 atom stereocenters. The third-order valence-electron chi connectivity index (χ3n) is 2.10. The summed E-state index contributed by atoms with van der Waals surface area (Å²) in [4.78, 5) is 0. The van der Waals surface area contributed by atoms with Crippen molar-refractivity contribution in [3.8, 4) is 0 Å². The predicted octanol–water partition coefficient (Wildman–Crippen LogP) is 3.05. The lowest BCUT2D eigenvalue weighted by Crippen LogP contribution is -2.32. The fourth-order valence-corrected chi connectivity index (χ4v) is 1.74. The lowest BCUT2D eigenvalue weighted by atomic mass is 9.87. The third kappa shape index (κ3) is 1.60. The first kappa shape index (κ1) is 8.25. The monoisotopic (exact) mass is 168 g/mol. The zero-order valence-corrected chi connectivity index (χ0v) is 6.50. The third-order valence-corrected chi connectivity index (χ3v) is 2.47. The zero-order valence-electron chi connectivity index (χ0n) is 5.75. The Bertz CT molecular complexity index is 114. The number of alkyl halides is 3. The van der Waals surface area contributed by atoms with Gasteiger partial charge in [0, 0.05) is 18.2 Å². The van der Waals surface area contributed by atoms with Gasteiger partial charge in [0.05, 0.1) is 0 Å². The van der Waals surface area contributed by atoms with E-state index in [-0.39, 0.29) is 12.3 Å². The number of hydrogen-bond acceptors (Lipinski definition) is 0. The van der Waals surface area contributed by atoms with Gasteiger partial charge < -0.3 is 0 Å². The van der Waals surface area contributed by atoms with Crippen molar-refractivity contribution in [2.24, 2.45) is 5.92 Å². The molecular weight excluding hydrogens is 158 g/mol. The molecule has 1 aliphatic rings. The fraction of sp³-hybridized carbons (Fsp3) is 1.00. The van der Waals surface area contributed by atoms with E-state index in [1.54, 1.807) is 0 Å². The normalized spacial score (nSPS) is 32.1. The molecule has 0 nitrogen and oxygen atoms in total. The van der Waals surface area contributed by atoms with Gasteiger partial charge in [-0.25, -0.2) is 8.78 Å². The van der Waals surface area contributed by atoms with E-state index < -0.39 is 11.8 Å². The molecule has 0 aliphatic heterocycles. The zero-order chi connectivity index (χ0) is 7.61. The summed E-state index contributed by atoms with van der Waals surface area (Å²) >= 11 is 5.38. The van der Waals surface area contributed by atoms with Gasteiger partial charge in [-0.05, 0) is 12.8 Å². The molecule has 0 heterocycles. The van der Waals surface area contributed by atoms with Gasteiger partial charge in [0.25, 0.3) is 5.92 Å². The highest BCUT2D eigenvalue weighted by Gasteiger charge is 2.40. The second-order valence-corrected chi connectivity index (χ2v) is 3.17. The largest absolute Gasteiger partial charge is 0.252 e. The van der Waals surface area contributed by atoms with E-state index in [4.69, 9.17) is 11.6 Å². The minimum absolute atomic E-state index is 0.0321. The summed E-state index contributed by atoms with van der Waals surface area (Å²) in [5.41, 5.74) is 0. The average molecular weight is 169 g/mol. The first-order valence-electron chi connectivity index (χ1n) is 3.60. The van der Waals surface area contributed by atoms with Crippen LogP contribution in [0.3, 0.4) is 0 Å². The van der Waals surface area contributed by atoms with Gasteiger partial charge in [0.1, 0.15) is 0 Å². The summed E-state index contributed by atoms with van der Waals surface area (Å²) in [6.07, 6.45) is 2.19. The fourth-order valence-electron chi connectivity index (χ4n) is 1.36. The highest BCUT2D eigenvalue weighted by atomic mass is 35.5. The van der Waals surface area contributed by atoms with Crippen LogP contribution in [0.1, 0.15) is 25.7 Å². The quantitative estimate of drug-likeness (QED) is 0.528. The maximum atomic E-state index is 12.8. The second-order valence-electron chi connectivity index (χ2n) is 2.86. The highest BCUT2D eigenvalue weighted by molar-refractivity contribution is 6.18. The van der Waals surface area contributed by atoms with Crippen LogP contribution in [0.15, 0.2) is 0 Å². The summed E-state index contributed by atoms with van der Waals surface area (Å²) in [6.45, 7) is 0. The summed E-state index contributed by atoms with van der Waals surface area (Å²) < 4.78 is 25.6. The minimum atomic E-state index is -2.49. The van der Waals surface area contributed by atoms with Crippen molar-refractivity contribution in [2.75, 3.05) is 5.88 Å². The SMILES string of the molecule is FC1(F)CCCCC1CCl. The Morgan fingerprint density at radius 1 is 1.40 bits per heavy atom. The van der Waals surface area contributed by atoms with Gasteiger partial charge >= 0.3 is 0 Å². The molecule has 0 aromatic heterocycles. The topological polar surface area (TPSA) is 0 Å². The van der Waals surface area contributed by atoms with Crippen LogP contribution in [-0.2, 0) is 0 Å². The lowest BCUT2D eigenvalue weighted by molar-refractivity contribution is -0.0769. The van der Waals surface area contributed by atoms with Crippen LogP contribution in [0.25, 0.3) is 0 Å². The maximum Gasteiger partial charge on any atom is 0.252 e.